The maximum atomic E-state index is 10.5. The summed E-state index contributed by atoms with van der Waals surface area (Å²) >= 11 is 0. The second-order valence-electron chi connectivity index (χ2n) is 4.39. The number of nitrogens with one attached hydrogen (secondary N) is 1. The molecule has 6 heteroatoms. The van der Waals surface area contributed by atoms with E-state index in [9.17, 15) is 5.11 Å². The Kier molecular flexibility index (Phi) is 2.78. The minimum Gasteiger partial charge on any atom is -0.504 e. The van der Waals surface area contributed by atoms with Crippen LogP contribution in [0, 0.1) is 6.92 Å². The smallest absolute Gasteiger partial charge is 0.205 e. The van der Waals surface area contributed by atoms with E-state index in [0.29, 0.717) is 22.6 Å². The SMILES string of the molecule is COc1c(-c2cc(C)[nH]n2)c(O)c(OC)c2occc12. The lowest BCUT2D eigenvalue weighted by Crippen LogP contribution is -1.93. The summed E-state index contributed by atoms with van der Waals surface area (Å²) < 4.78 is 16.0. The van der Waals surface area contributed by atoms with Crippen molar-refractivity contribution in [1.82, 2.24) is 10.2 Å². The minimum absolute atomic E-state index is 0.0571. The molecule has 0 amide bonds. The van der Waals surface area contributed by atoms with E-state index >= 15 is 0 Å². The van der Waals surface area contributed by atoms with Crippen molar-refractivity contribution in [3.05, 3.63) is 24.1 Å². The predicted octanol–water partition coefficient (Wildman–Crippen LogP) is 2.85. The van der Waals surface area contributed by atoms with Crippen LogP contribution in [0.1, 0.15) is 5.69 Å². The summed E-state index contributed by atoms with van der Waals surface area (Å²) in [5.41, 5.74) is 2.38. The number of rotatable bonds is 3. The highest BCUT2D eigenvalue weighted by atomic mass is 16.5. The zero-order valence-corrected chi connectivity index (χ0v) is 11.4. The normalized spacial score (nSPS) is 10.9. The molecule has 0 atom stereocenters. The van der Waals surface area contributed by atoms with Crippen molar-refractivity contribution in [1.29, 1.82) is 0 Å². The molecular formula is C14H14N2O4. The number of ether oxygens (including phenoxy) is 2. The third-order valence-corrected chi connectivity index (χ3v) is 3.17. The van der Waals surface area contributed by atoms with Gasteiger partial charge in [-0.3, -0.25) is 5.10 Å². The molecule has 20 heavy (non-hydrogen) atoms. The Morgan fingerprint density at radius 3 is 2.60 bits per heavy atom. The molecule has 0 aliphatic heterocycles. The van der Waals surface area contributed by atoms with Crippen LogP contribution in [-0.2, 0) is 0 Å². The first kappa shape index (κ1) is 12.4. The van der Waals surface area contributed by atoms with Gasteiger partial charge in [-0.25, -0.2) is 0 Å². The summed E-state index contributed by atoms with van der Waals surface area (Å²) in [4.78, 5) is 0. The van der Waals surface area contributed by atoms with Gasteiger partial charge in [0.15, 0.2) is 11.3 Å². The van der Waals surface area contributed by atoms with Gasteiger partial charge >= 0.3 is 0 Å². The monoisotopic (exact) mass is 274 g/mol. The molecule has 0 unspecified atom stereocenters. The second-order valence-corrected chi connectivity index (χ2v) is 4.39. The number of H-pyrrole nitrogens is 1. The molecule has 0 fully saturated rings. The number of phenols is 1. The number of furan rings is 1. The highest BCUT2D eigenvalue weighted by Gasteiger charge is 2.25. The molecule has 3 rings (SSSR count). The quantitative estimate of drug-likeness (QED) is 0.767. The van der Waals surface area contributed by atoms with Crippen molar-refractivity contribution >= 4 is 11.0 Å². The molecule has 2 N–H and O–H groups in total. The van der Waals surface area contributed by atoms with Gasteiger partial charge in [-0.1, -0.05) is 0 Å². The maximum absolute atomic E-state index is 10.5. The van der Waals surface area contributed by atoms with E-state index in [-0.39, 0.29) is 11.5 Å². The number of fused-ring (bicyclic) bond motifs is 1. The minimum atomic E-state index is -0.0571. The summed E-state index contributed by atoms with van der Waals surface area (Å²) in [6.07, 6.45) is 1.52. The Labute approximate surface area is 114 Å². The molecule has 2 heterocycles. The standard InChI is InChI=1S/C14H14N2O4/c1-7-6-9(16-15-7)10-11(17)14(19-3)13-8(4-5-20-13)12(10)18-2/h4-6,17H,1-3H3,(H,15,16). The predicted molar refractivity (Wildman–Crippen MR) is 73.3 cm³/mol. The average Bonchev–Trinajstić information content (AvgIpc) is 3.06. The average molecular weight is 274 g/mol. The summed E-state index contributed by atoms with van der Waals surface area (Å²) in [7, 11) is 3.01. The molecule has 0 saturated carbocycles. The molecule has 0 bridgehead atoms. The summed E-state index contributed by atoms with van der Waals surface area (Å²) in [6, 6.07) is 3.59. The van der Waals surface area contributed by atoms with Crippen LogP contribution in [-0.4, -0.2) is 29.5 Å². The molecule has 0 radical (unpaired) electrons. The number of methoxy groups -OCH3 is 2. The van der Waals surface area contributed by atoms with Gasteiger partial charge in [0.25, 0.3) is 0 Å². The van der Waals surface area contributed by atoms with Gasteiger partial charge in [0, 0.05) is 5.69 Å². The highest BCUT2D eigenvalue weighted by molar-refractivity contribution is 5.99. The van der Waals surface area contributed by atoms with E-state index in [1.165, 1.54) is 20.5 Å². The highest BCUT2D eigenvalue weighted by Crippen LogP contribution is 2.49. The summed E-state index contributed by atoms with van der Waals surface area (Å²) in [5, 5.41) is 18.2. The van der Waals surface area contributed by atoms with Crippen LogP contribution in [0.25, 0.3) is 22.2 Å². The zero-order valence-electron chi connectivity index (χ0n) is 11.4. The lowest BCUT2D eigenvalue weighted by Gasteiger charge is -2.13. The van der Waals surface area contributed by atoms with Crippen LogP contribution >= 0.6 is 0 Å². The van der Waals surface area contributed by atoms with Crippen molar-refractivity contribution in [3.63, 3.8) is 0 Å². The fourth-order valence-corrected chi connectivity index (χ4v) is 2.31. The van der Waals surface area contributed by atoms with E-state index in [1.54, 1.807) is 6.07 Å². The van der Waals surface area contributed by atoms with Gasteiger partial charge in [0.05, 0.1) is 37.1 Å². The van der Waals surface area contributed by atoms with E-state index in [1.807, 2.05) is 13.0 Å². The summed E-state index contributed by atoms with van der Waals surface area (Å²) in [5.74, 6) is 0.707. The van der Waals surface area contributed by atoms with Crippen molar-refractivity contribution in [2.24, 2.45) is 0 Å². The Morgan fingerprint density at radius 2 is 2.00 bits per heavy atom. The van der Waals surface area contributed by atoms with Gasteiger partial charge in [-0.2, -0.15) is 5.10 Å². The zero-order chi connectivity index (χ0) is 14.3. The van der Waals surface area contributed by atoms with E-state index in [4.69, 9.17) is 13.9 Å². The first-order valence-corrected chi connectivity index (χ1v) is 6.03. The fraction of sp³-hybridized carbons (Fsp3) is 0.214. The van der Waals surface area contributed by atoms with Gasteiger partial charge < -0.3 is 19.0 Å². The Hall–Kier alpha value is -2.63. The summed E-state index contributed by atoms with van der Waals surface area (Å²) in [6.45, 7) is 1.88. The Bertz CT molecular complexity index is 773. The first-order valence-electron chi connectivity index (χ1n) is 6.03. The molecule has 1 aromatic carbocycles. The number of aryl methyl sites for hydroxylation is 1. The molecule has 6 nitrogen and oxygen atoms in total. The van der Waals surface area contributed by atoms with Gasteiger partial charge in [0.1, 0.15) is 5.75 Å². The third-order valence-electron chi connectivity index (χ3n) is 3.17. The number of aromatic nitrogens is 2. The van der Waals surface area contributed by atoms with Crippen LogP contribution in [0.15, 0.2) is 22.8 Å². The molecule has 3 aromatic rings. The molecule has 0 aliphatic carbocycles. The Morgan fingerprint density at radius 1 is 1.25 bits per heavy atom. The van der Waals surface area contributed by atoms with Crippen LogP contribution in [0.3, 0.4) is 0 Å². The van der Waals surface area contributed by atoms with E-state index in [2.05, 4.69) is 10.2 Å². The number of aromatic hydroxyl groups is 1. The fourth-order valence-electron chi connectivity index (χ4n) is 2.31. The lowest BCUT2D eigenvalue weighted by atomic mass is 10.0. The van der Waals surface area contributed by atoms with Crippen LogP contribution in [0.5, 0.6) is 17.2 Å². The largest absolute Gasteiger partial charge is 0.504 e. The Balaban J connectivity index is 2.43. The molecule has 104 valence electrons. The molecule has 0 aliphatic rings. The molecule has 0 spiro atoms. The van der Waals surface area contributed by atoms with Crippen LogP contribution < -0.4 is 9.47 Å². The number of nitrogens with zero attached hydrogens (tertiary/aromatic N) is 1. The van der Waals surface area contributed by atoms with Gasteiger partial charge in [-0.15, -0.1) is 0 Å². The second kappa shape index (κ2) is 4.48. The van der Waals surface area contributed by atoms with Crippen molar-refractivity contribution in [2.45, 2.75) is 6.92 Å². The van der Waals surface area contributed by atoms with Gasteiger partial charge in [0.2, 0.25) is 5.75 Å². The number of aromatic amines is 1. The molecule has 2 aromatic heterocycles. The topological polar surface area (TPSA) is 80.5 Å². The molecule has 0 saturated heterocycles. The lowest BCUT2D eigenvalue weighted by molar-refractivity contribution is 0.367. The number of benzene rings is 1. The van der Waals surface area contributed by atoms with Gasteiger partial charge in [-0.05, 0) is 19.1 Å². The van der Waals surface area contributed by atoms with Crippen LogP contribution in [0.2, 0.25) is 0 Å². The third kappa shape index (κ3) is 1.61. The van der Waals surface area contributed by atoms with E-state index in [0.717, 1.165) is 11.1 Å². The first-order chi connectivity index (χ1) is 9.67. The number of hydrogen-bond donors (Lipinski definition) is 2. The van der Waals surface area contributed by atoms with Crippen molar-refractivity contribution < 1.29 is 19.0 Å². The number of hydrogen-bond acceptors (Lipinski definition) is 5. The van der Waals surface area contributed by atoms with Crippen molar-refractivity contribution in [2.75, 3.05) is 14.2 Å². The van der Waals surface area contributed by atoms with E-state index < -0.39 is 0 Å². The molecular weight excluding hydrogens is 260 g/mol. The number of phenolic OH excluding ortho intramolecular Hbond substituents is 1. The van der Waals surface area contributed by atoms with Crippen molar-refractivity contribution in [3.8, 4) is 28.5 Å². The maximum Gasteiger partial charge on any atom is 0.205 e. The van der Waals surface area contributed by atoms with Crippen LogP contribution in [0.4, 0.5) is 0 Å².